The number of aryl methyl sites for hydroxylation is 1. The molecule has 4 rings (SSSR count). The number of benzene rings is 2. The summed E-state index contributed by atoms with van der Waals surface area (Å²) in [4.78, 5) is 1.14. The van der Waals surface area contributed by atoms with Crippen molar-refractivity contribution in [3.05, 3.63) is 76.4 Å². The van der Waals surface area contributed by atoms with Crippen LogP contribution in [0, 0.1) is 0 Å². The van der Waals surface area contributed by atoms with Crippen molar-refractivity contribution < 1.29 is 0 Å². The van der Waals surface area contributed by atoms with Gasteiger partial charge < -0.3 is 5.32 Å². The highest BCUT2D eigenvalue weighted by atomic mass is 35.5. The van der Waals surface area contributed by atoms with Crippen LogP contribution in [0.15, 0.2) is 59.5 Å². The molecular weight excluding hydrogens is 388 g/mol. The van der Waals surface area contributed by atoms with Gasteiger partial charge in [0, 0.05) is 28.6 Å². The fraction of sp³-hybridized carbons (Fsp3) is 0.318. The number of fused-ring (bicyclic) bond motifs is 1. The molecule has 0 spiro atoms. The molecule has 1 unspecified atom stereocenters. The first-order valence-corrected chi connectivity index (χ1v) is 11.0. The van der Waals surface area contributed by atoms with Gasteiger partial charge in [-0.1, -0.05) is 48.9 Å². The minimum atomic E-state index is 0.123. The van der Waals surface area contributed by atoms with Crippen molar-refractivity contribution in [2.24, 2.45) is 0 Å². The predicted molar refractivity (Wildman–Crippen MR) is 118 cm³/mol. The Kier molecular flexibility index (Phi) is 6.25. The van der Waals surface area contributed by atoms with Gasteiger partial charge >= 0.3 is 0 Å². The summed E-state index contributed by atoms with van der Waals surface area (Å²) >= 11 is 7.66. The third kappa shape index (κ3) is 4.37. The van der Waals surface area contributed by atoms with E-state index in [9.17, 15) is 0 Å². The standard InChI is InChI=1S/C22H25ClN4S/c1-2-19-21(25-27-14-6-13-24-22(19)27)20(15-16-7-4-3-5-8-16)26-28-18-11-9-17(23)10-12-18/h3-5,7-12,20,24,26H,2,6,13-15H2,1H3. The number of nitrogens with one attached hydrogen (secondary N) is 2. The summed E-state index contributed by atoms with van der Waals surface area (Å²) in [5, 5.41) is 9.31. The summed E-state index contributed by atoms with van der Waals surface area (Å²) in [7, 11) is 0. The number of nitrogens with zero attached hydrogens (tertiary/aromatic N) is 2. The van der Waals surface area contributed by atoms with Crippen LogP contribution in [0.25, 0.3) is 0 Å². The summed E-state index contributed by atoms with van der Waals surface area (Å²) in [6.45, 7) is 4.22. The highest BCUT2D eigenvalue weighted by Gasteiger charge is 2.25. The second kappa shape index (κ2) is 9.03. The van der Waals surface area contributed by atoms with Gasteiger partial charge in [0.05, 0.1) is 11.7 Å². The van der Waals surface area contributed by atoms with Gasteiger partial charge in [-0.2, -0.15) is 5.10 Å². The second-order valence-corrected chi connectivity index (χ2v) is 8.33. The maximum absolute atomic E-state index is 6.03. The average Bonchev–Trinajstić information content (AvgIpc) is 3.11. The van der Waals surface area contributed by atoms with Gasteiger partial charge in [-0.25, -0.2) is 4.68 Å². The average molecular weight is 413 g/mol. The molecule has 2 aromatic carbocycles. The SMILES string of the molecule is CCc1c(C(Cc2ccccc2)NSc2ccc(Cl)cc2)nn2c1NCCC2. The molecule has 28 heavy (non-hydrogen) atoms. The van der Waals surface area contributed by atoms with Gasteiger partial charge in [-0.3, -0.25) is 4.72 Å². The van der Waals surface area contributed by atoms with Crippen LogP contribution < -0.4 is 10.0 Å². The van der Waals surface area contributed by atoms with Crippen LogP contribution in [0.3, 0.4) is 0 Å². The van der Waals surface area contributed by atoms with E-state index in [0.717, 1.165) is 48.0 Å². The fourth-order valence-electron chi connectivity index (χ4n) is 3.63. The van der Waals surface area contributed by atoms with Gasteiger partial charge in [0.2, 0.25) is 0 Å². The zero-order valence-corrected chi connectivity index (χ0v) is 17.6. The predicted octanol–water partition coefficient (Wildman–Crippen LogP) is 5.50. The Morgan fingerprint density at radius 2 is 1.96 bits per heavy atom. The molecule has 146 valence electrons. The van der Waals surface area contributed by atoms with Crippen LogP contribution in [0.5, 0.6) is 0 Å². The number of anilines is 1. The largest absolute Gasteiger partial charge is 0.370 e. The Hall–Kier alpha value is -1.95. The smallest absolute Gasteiger partial charge is 0.127 e. The minimum Gasteiger partial charge on any atom is -0.370 e. The Morgan fingerprint density at radius 1 is 1.18 bits per heavy atom. The molecule has 4 nitrogen and oxygen atoms in total. The van der Waals surface area contributed by atoms with Crippen LogP contribution in [-0.2, 0) is 19.4 Å². The van der Waals surface area contributed by atoms with Gasteiger partial charge in [0.25, 0.3) is 0 Å². The highest BCUT2D eigenvalue weighted by Crippen LogP contribution is 2.32. The molecule has 0 amide bonds. The van der Waals surface area contributed by atoms with E-state index < -0.39 is 0 Å². The van der Waals surface area contributed by atoms with Crippen molar-refractivity contribution in [1.29, 1.82) is 0 Å². The number of halogens is 1. The summed E-state index contributed by atoms with van der Waals surface area (Å²) in [5.74, 6) is 1.19. The Morgan fingerprint density at radius 3 is 2.71 bits per heavy atom. The zero-order valence-electron chi connectivity index (χ0n) is 16.0. The van der Waals surface area contributed by atoms with E-state index in [-0.39, 0.29) is 6.04 Å². The molecule has 2 N–H and O–H groups in total. The number of hydrogen-bond acceptors (Lipinski definition) is 4. The third-order valence-corrected chi connectivity index (χ3v) is 6.18. The number of rotatable bonds is 7. The molecule has 0 radical (unpaired) electrons. The lowest BCUT2D eigenvalue weighted by Crippen LogP contribution is -2.19. The molecule has 1 aliphatic rings. The molecule has 6 heteroatoms. The van der Waals surface area contributed by atoms with Crippen molar-refractivity contribution in [1.82, 2.24) is 14.5 Å². The summed E-state index contributed by atoms with van der Waals surface area (Å²) in [6, 6.07) is 18.7. The molecule has 2 heterocycles. The molecule has 3 aromatic rings. The van der Waals surface area contributed by atoms with Crippen LogP contribution in [-0.4, -0.2) is 16.3 Å². The van der Waals surface area contributed by atoms with E-state index in [2.05, 4.69) is 52.0 Å². The van der Waals surface area contributed by atoms with Crippen LogP contribution >= 0.6 is 23.5 Å². The van der Waals surface area contributed by atoms with Crippen LogP contribution in [0.1, 0.15) is 36.2 Å². The molecular formula is C22H25ClN4S. The molecule has 0 aliphatic carbocycles. The maximum atomic E-state index is 6.03. The van der Waals surface area contributed by atoms with Gasteiger partial charge in [-0.15, -0.1) is 0 Å². The fourth-order valence-corrected chi connectivity index (χ4v) is 4.50. The molecule has 0 fully saturated rings. The highest BCUT2D eigenvalue weighted by molar-refractivity contribution is 7.97. The Balaban J connectivity index is 1.62. The van der Waals surface area contributed by atoms with E-state index in [4.69, 9.17) is 16.7 Å². The first-order valence-electron chi connectivity index (χ1n) is 9.80. The minimum absolute atomic E-state index is 0.123. The van der Waals surface area contributed by atoms with Gasteiger partial charge in [-0.05, 0) is 61.0 Å². The topological polar surface area (TPSA) is 41.9 Å². The normalized spacial score (nSPS) is 14.4. The van der Waals surface area contributed by atoms with Gasteiger partial charge in [0.15, 0.2) is 0 Å². The first kappa shape index (κ1) is 19.4. The van der Waals surface area contributed by atoms with E-state index in [1.54, 1.807) is 11.9 Å². The lowest BCUT2D eigenvalue weighted by molar-refractivity contribution is 0.545. The second-order valence-electron chi connectivity index (χ2n) is 6.99. The maximum Gasteiger partial charge on any atom is 0.127 e. The molecule has 0 saturated heterocycles. The monoisotopic (exact) mass is 412 g/mol. The summed E-state index contributed by atoms with van der Waals surface area (Å²) in [6.07, 6.45) is 2.98. The van der Waals surface area contributed by atoms with Crippen molar-refractivity contribution in [3.63, 3.8) is 0 Å². The third-order valence-electron chi connectivity index (χ3n) is 5.02. The van der Waals surface area contributed by atoms with E-state index in [1.165, 1.54) is 16.9 Å². The molecule has 0 bridgehead atoms. The van der Waals surface area contributed by atoms with Crippen LogP contribution in [0.4, 0.5) is 5.82 Å². The molecule has 1 atom stereocenters. The Bertz CT molecular complexity index is 908. The molecule has 0 saturated carbocycles. The number of hydrogen-bond donors (Lipinski definition) is 2. The Labute approximate surface area is 175 Å². The summed E-state index contributed by atoms with van der Waals surface area (Å²) in [5.41, 5.74) is 3.78. The zero-order chi connectivity index (χ0) is 19.3. The van der Waals surface area contributed by atoms with Crippen molar-refractivity contribution in [2.75, 3.05) is 11.9 Å². The van der Waals surface area contributed by atoms with E-state index in [0.29, 0.717) is 0 Å². The molecule has 1 aromatic heterocycles. The van der Waals surface area contributed by atoms with E-state index >= 15 is 0 Å². The van der Waals surface area contributed by atoms with Crippen LogP contribution in [0.2, 0.25) is 5.02 Å². The number of aromatic nitrogens is 2. The summed E-state index contributed by atoms with van der Waals surface area (Å²) < 4.78 is 5.82. The first-order chi connectivity index (χ1) is 13.7. The van der Waals surface area contributed by atoms with Gasteiger partial charge in [0.1, 0.15) is 5.82 Å². The lowest BCUT2D eigenvalue weighted by atomic mass is 10.00. The van der Waals surface area contributed by atoms with E-state index in [1.807, 2.05) is 24.3 Å². The van der Waals surface area contributed by atoms with Crippen molar-refractivity contribution >= 4 is 29.4 Å². The van der Waals surface area contributed by atoms with Crippen molar-refractivity contribution in [3.8, 4) is 0 Å². The quantitative estimate of drug-likeness (QED) is 0.503. The lowest BCUT2D eigenvalue weighted by Gasteiger charge is -2.18. The molecule has 1 aliphatic heterocycles. The van der Waals surface area contributed by atoms with Crippen molar-refractivity contribution in [2.45, 2.75) is 43.7 Å².